The zero-order valence-corrected chi connectivity index (χ0v) is 9.01. The first kappa shape index (κ1) is 12.1. The zero-order chi connectivity index (χ0) is 9.45. The quantitative estimate of drug-likeness (QED) is 0.558. The summed E-state index contributed by atoms with van der Waals surface area (Å²) in [7, 11) is 1.42. The maximum Gasteiger partial charge on any atom is 0.338 e. The van der Waals surface area contributed by atoms with Gasteiger partial charge in [-0.3, -0.25) is 0 Å². The Morgan fingerprint density at radius 3 is 1.92 bits per heavy atom. The van der Waals surface area contributed by atoms with Gasteiger partial charge < -0.3 is 20.3 Å². The molecule has 0 aromatic carbocycles. The lowest BCUT2D eigenvalue weighted by atomic mass is 10.5. The van der Waals surface area contributed by atoms with E-state index in [2.05, 4.69) is 0 Å². The highest BCUT2D eigenvalue weighted by molar-refractivity contribution is 6.67. The Labute approximate surface area is 75.5 Å². The Morgan fingerprint density at radius 2 is 1.58 bits per heavy atom. The van der Waals surface area contributed by atoms with Crippen molar-refractivity contribution in [2.45, 2.75) is 18.5 Å². The minimum atomic E-state index is -1.97. The van der Waals surface area contributed by atoms with Crippen molar-refractivity contribution in [1.82, 2.24) is 0 Å². The highest BCUT2D eigenvalue weighted by Crippen LogP contribution is 2.17. The van der Waals surface area contributed by atoms with Gasteiger partial charge >= 0.3 is 8.56 Å². The third kappa shape index (κ3) is 3.64. The molecule has 5 heteroatoms. The second kappa shape index (κ2) is 6.56. The molecule has 12 heavy (non-hydrogen) atoms. The van der Waals surface area contributed by atoms with Crippen LogP contribution in [0.5, 0.6) is 0 Å². The molecule has 0 aliphatic rings. The van der Waals surface area contributed by atoms with Crippen molar-refractivity contribution in [2.24, 2.45) is 11.5 Å². The Morgan fingerprint density at radius 1 is 1.00 bits per heavy atom. The van der Waals surface area contributed by atoms with Crippen LogP contribution in [0, 0.1) is 0 Å². The Hall–Kier alpha value is 0.0569. The topological polar surface area (TPSA) is 70.5 Å². The molecule has 0 amide bonds. The van der Waals surface area contributed by atoms with Crippen LogP contribution in [0.25, 0.3) is 0 Å². The van der Waals surface area contributed by atoms with Crippen molar-refractivity contribution in [2.75, 3.05) is 27.3 Å². The fourth-order valence-electron chi connectivity index (χ4n) is 1.21. The van der Waals surface area contributed by atoms with E-state index in [4.69, 9.17) is 20.3 Å². The third-order valence-electron chi connectivity index (χ3n) is 2.03. The summed E-state index contributed by atoms with van der Waals surface area (Å²) in [6.07, 6.45) is 0.952. The molecule has 0 heterocycles. The van der Waals surface area contributed by atoms with E-state index < -0.39 is 8.56 Å². The molecule has 0 aliphatic heterocycles. The van der Waals surface area contributed by atoms with Crippen LogP contribution in [0.1, 0.15) is 6.42 Å². The second-order valence-corrected chi connectivity index (χ2v) is 6.39. The lowest BCUT2D eigenvalue weighted by molar-refractivity contribution is 0.241. The number of hydrogen-bond acceptors (Lipinski definition) is 4. The van der Waals surface area contributed by atoms with Crippen LogP contribution in [0.3, 0.4) is 0 Å². The minimum absolute atomic E-state index is 0.623. The molecule has 0 unspecified atom stereocenters. The molecule has 0 spiro atoms. The van der Waals surface area contributed by atoms with Crippen molar-refractivity contribution in [3.63, 3.8) is 0 Å². The summed E-state index contributed by atoms with van der Waals surface area (Å²) in [5.74, 6) is 0. The zero-order valence-electron chi connectivity index (χ0n) is 8.01. The minimum Gasteiger partial charge on any atom is -0.398 e. The van der Waals surface area contributed by atoms with Gasteiger partial charge in [0, 0.05) is 20.3 Å². The Bertz CT molecular complexity index is 110. The summed E-state index contributed by atoms with van der Waals surface area (Å²) in [6, 6.07) is 1.79. The smallest absolute Gasteiger partial charge is 0.338 e. The molecule has 0 rings (SSSR count). The predicted molar refractivity (Wildman–Crippen MR) is 52.1 cm³/mol. The van der Waals surface area contributed by atoms with Crippen molar-refractivity contribution in [3.05, 3.63) is 0 Å². The summed E-state index contributed by atoms with van der Waals surface area (Å²) in [6.45, 7) is 1.31. The first-order chi connectivity index (χ1) is 5.74. The molecule has 4 N–H and O–H groups in total. The molecule has 0 radical (unpaired) electrons. The van der Waals surface area contributed by atoms with E-state index in [9.17, 15) is 0 Å². The molecular weight excluding hydrogens is 172 g/mol. The molecule has 0 aliphatic carbocycles. The van der Waals surface area contributed by atoms with Gasteiger partial charge in [0.25, 0.3) is 0 Å². The van der Waals surface area contributed by atoms with Gasteiger partial charge in [-0.2, -0.15) is 0 Å². The summed E-state index contributed by atoms with van der Waals surface area (Å²) in [5.41, 5.74) is 10.9. The molecular formula is C7H20N2O2Si. The van der Waals surface area contributed by atoms with Crippen LogP contribution in [-0.4, -0.2) is 35.9 Å². The molecule has 0 fully saturated rings. The lowest BCUT2D eigenvalue weighted by Gasteiger charge is -2.26. The highest BCUT2D eigenvalue weighted by Gasteiger charge is 2.33. The summed E-state index contributed by atoms with van der Waals surface area (Å²) >= 11 is 0. The van der Waals surface area contributed by atoms with Crippen LogP contribution >= 0.6 is 0 Å². The first-order valence-corrected chi connectivity index (χ1v) is 6.48. The van der Waals surface area contributed by atoms with Crippen LogP contribution in [0.15, 0.2) is 0 Å². The fraction of sp³-hybridized carbons (Fsp3) is 1.00. The average molecular weight is 192 g/mol. The molecule has 0 aromatic heterocycles. The van der Waals surface area contributed by atoms with E-state index in [1.165, 1.54) is 0 Å². The molecule has 0 saturated carbocycles. The first-order valence-electron chi connectivity index (χ1n) is 4.25. The van der Waals surface area contributed by atoms with Gasteiger partial charge in [-0.25, -0.2) is 0 Å². The molecule has 0 saturated heterocycles. The maximum absolute atomic E-state index is 5.48. The van der Waals surface area contributed by atoms with E-state index >= 15 is 0 Å². The van der Waals surface area contributed by atoms with Gasteiger partial charge in [0.1, 0.15) is 0 Å². The largest absolute Gasteiger partial charge is 0.398 e. The van der Waals surface area contributed by atoms with Crippen molar-refractivity contribution in [3.8, 4) is 0 Å². The Balaban J connectivity index is 3.95. The highest BCUT2D eigenvalue weighted by atomic mass is 28.4. The predicted octanol–water partition coefficient (Wildman–Crippen LogP) is 0.0289. The van der Waals surface area contributed by atoms with Crippen molar-refractivity contribution in [1.29, 1.82) is 0 Å². The van der Waals surface area contributed by atoms with Gasteiger partial charge in [-0.15, -0.1) is 0 Å². The van der Waals surface area contributed by atoms with Gasteiger partial charge in [-0.1, -0.05) is 0 Å². The van der Waals surface area contributed by atoms with Crippen LogP contribution in [-0.2, 0) is 8.85 Å². The van der Waals surface area contributed by atoms with Crippen LogP contribution < -0.4 is 11.5 Å². The van der Waals surface area contributed by atoms with Gasteiger partial charge in [0.2, 0.25) is 0 Å². The number of nitrogens with two attached hydrogens (primary N) is 2. The third-order valence-corrected chi connectivity index (χ3v) is 5.68. The summed E-state index contributed by atoms with van der Waals surface area (Å²) in [4.78, 5) is 0. The van der Waals surface area contributed by atoms with Gasteiger partial charge in [0.05, 0.1) is 0 Å². The standard InChI is InChI=1S/C7H20N2O2Si/c1-10-12(11-2,7-5-9)6-3-4-8/h3-9H2,1-2H3. The van der Waals surface area contributed by atoms with Gasteiger partial charge in [-0.05, 0) is 25.6 Å². The van der Waals surface area contributed by atoms with Crippen molar-refractivity contribution >= 4 is 8.56 Å². The van der Waals surface area contributed by atoms with E-state index in [0.717, 1.165) is 18.5 Å². The van der Waals surface area contributed by atoms with E-state index in [1.807, 2.05) is 0 Å². The van der Waals surface area contributed by atoms with Crippen LogP contribution in [0.2, 0.25) is 12.1 Å². The number of hydrogen-bond donors (Lipinski definition) is 2. The second-order valence-electron chi connectivity index (χ2n) is 2.75. The summed E-state index contributed by atoms with van der Waals surface area (Å²) in [5, 5.41) is 0. The lowest BCUT2D eigenvalue weighted by Crippen LogP contribution is -2.42. The van der Waals surface area contributed by atoms with Gasteiger partial charge in [0.15, 0.2) is 0 Å². The summed E-state index contributed by atoms with van der Waals surface area (Å²) < 4.78 is 10.8. The fourth-order valence-corrected chi connectivity index (χ4v) is 3.62. The van der Waals surface area contributed by atoms with E-state index in [0.29, 0.717) is 13.1 Å². The van der Waals surface area contributed by atoms with E-state index in [-0.39, 0.29) is 0 Å². The molecule has 0 aromatic rings. The average Bonchev–Trinajstić information content (AvgIpc) is 2.13. The van der Waals surface area contributed by atoms with Crippen LogP contribution in [0.4, 0.5) is 0 Å². The maximum atomic E-state index is 5.48. The molecule has 0 bridgehead atoms. The Kier molecular flexibility index (Phi) is 6.59. The monoisotopic (exact) mass is 192 g/mol. The number of rotatable bonds is 7. The van der Waals surface area contributed by atoms with Crippen molar-refractivity contribution < 1.29 is 8.85 Å². The SMILES string of the molecule is CO[Si](CCN)(CCCN)OC. The molecule has 74 valence electrons. The molecule has 4 nitrogen and oxygen atoms in total. The van der Waals surface area contributed by atoms with E-state index in [1.54, 1.807) is 14.2 Å². The normalized spacial score (nSPS) is 12.0. The molecule has 0 atom stereocenters.